The van der Waals surface area contributed by atoms with Crippen LogP contribution in [-0.4, -0.2) is 4.57 Å². The van der Waals surface area contributed by atoms with Crippen LogP contribution in [0.3, 0.4) is 0 Å². The van der Waals surface area contributed by atoms with Crippen LogP contribution in [0.5, 0.6) is 0 Å². The van der Waals surface area contributed by atoms with E-state index < -0.39 is 0 Å². The highest BCUT2D eigenvalue weighted by atomic mass is 16.3. The summed E-state index contributed by atoms with van der Waals surface area (Å²) in [6, 6.07) is 96.0. The Morgan fingerprint density at radius 1 is 0.275 bits per heavy atom. The molecule has 2 heterocycles. The highest BCUT2D eigenvalue weighted by molar-refractivity contribution is 6.10. The van der Waals surface area contributed by atoms with Crippen LogP contribution in [0, 0.1) is 0 Å². The molecule has 0 bridgehead atoms. The molecule has 0 radical (unpaired) electrons. The Kier molecular flexibility index (Phi) is 9.84. The number of hydrogen-bond donors (Lipinski definition) is 0. The van der Waals surface area contributed by atoms with Crippen molar-refractivity contribution in [3.8, 4) is 61.5 Å². The zero-order chi connectivity index (χ0) is 45.7. The van der Waals surface area contributed by atoms with Crippen LogP contribution in [0.2, 0.25) is 0 Å². The Labute approximate surface area is 401 Å². The van der Waals surface area contributed by atoms with Gasteiger partial charge in [0.2, 0.25) is 0 Å². The van der Waals surface area contributed by atoms with Gasteiger partial charge < -0.3 is 13.9 Å². The molecule has 0 aliphatic rings. The normalized spacial score (nSPS) is 11.5. The van der Waals surface area contributed by atoms with Gasteiger partial charge in [0.05, 0.1) is 11.0 Å². The number of rotatable bonds is 9. The van der Waals surface area contributed by atoms with Crippen molar-refractivity contribution in [3.05, 3.63) is 267 Å². The summed E-state index contributed by atoms with van der Waals surface area (Å²) in [5.74, 6) is 0.858. The van der Waals surface area contributed by atoms with E-state index in [1.807, 2.05) is 18.2 Å². The monoisotopic (exact) mass is 880 g/mol. The third-order valence-electron chi connectivity index (χ3n) is 13.6. The minimum atomic E-state index is 0.858. The maximum Gasteiger partial charge on any atom is 0.135 e. The number of aromatic nitrogens is 1. The first kappa shape index (κ1) is 40.1. The molecule has 0 saturated heterocycles. The minimum absolute atomic E-state index is 0.858. The lowest BCUT2D eigenvalue weighted by molar-refractivity contribution is 0.631. The van der Waals surface area contributed by atoms with E-state index in [-0.39, 0.29) is 0 Å². The Balaban J connectivity index is 0.800. The summed E-state index contributed by atoms with van der Waals surface area (Å²) < 4.78 is 8.61. The summed E-state index contributed by atoms with van der Waals surface area (Å²) in [5.41, 5.74) is 18.2. The van der Waals surface area contributed by atoms with E-state index in [1.54, 1.807) is 0 Å². The highest BCUT2D eigenvalue weighted by Gasteiger charge is 2.17. The van der Waals surface area contributed by atoms with Gasteiger partial charge in [-0.2, -0.15) is 0 Å². The van der Waals surface area contributed by atoms with Gasteiger partial charge in [0.1, 0.15) is 11.3 Å². The van der Waals surface area contributed by atoms with Crippen LogP contribution in [0.1, 0.15) is 0 Å². The number of nitrogens with zero attached hydrogens (tertiary/aromatic N) is 2. The third kappa shape index (κ3) is 7.43. The van der Waals surface area contributed by atoms with Crippen molar-refractivity contribution in [3.63, 3.8) is 0 Å². The fourth-order valence-corrected chi connectivity index (χ4v) is 10.0. The summed E-state index contributed by atoms with van der Waals surface area (Å²) >= 11 is 0. The van der Waals surface area contributed by atoms with Gasteiger partial charge in [-0.3, -0.25) is 0 Å². The molecule has 13 aromatic rings. The second kappa shape index (κ2) is 16.9. The van der Waals surface area contributed by atoms with Crippen molar-refractivity contribution < 1.29 is 4.42 Å². The lowest BCUT2D eigenvalue weighted by Crippen LogP contribution is -2.09. The van der Waals surface area contributed by atoms with Crippen LogP contribution < -0.4 is 4.90 Å². The quantitative estimate of drug-likeness (QED) is 0.144. The fraction of sp³-hybridized carbons (Fsp3) is 0. The van der Waals surface area contributed by atoms with Crippen LogP contribution in [0.15, 0.2) is 271 Å². The average molecular weight is 881 g/mol. The molecule has 0 saturated carbocycles. The second-order valence-corrected chi connectivity index (χ2v) is 17.8. The zero-order valence-corrected chi connectivity index (χ0v) is 37.7. The number of furan rings is 1. The van der Waals surface area contributed by atoms with Crippen molar-refractivity contribution in [1.29, 1.82) is 0 Å². The van der Waals surface area contributed by atoms with Crippen LogP contribution in [0.4, 0.5) is 17.1 Å². The van der Waals surface area contributed by atoms with Crippen molar-refractivity contribution in [2.45, 2.75) is 0 Å². The predicted molar refractivity (Wildman–Crippen MR) is 290 cm³/mol. The molecule has 0 unspecified atom stereocenters. The first-order valence-electron chi connectivity index (χ1n) is 23.6. The van der Waals surface area contributed by atoms with E-state index in [4.69, 9.17) is 4.42 Å². The molecule has 0 N–H and O–H groups in total. The lowest BCUT2D eigenvalue weighted by atomic mass is 9.98. The third-order valence-corrected chi connectivity index (χ3v) is 13.6. The van der Waals surface area contributed by atoms with Crippen LogP contribution in [-0.2, 0) is 0 Å². The highest BCUT2D eigenvalue weighted by Crippen LogP contribution is 2.40. The molecule has 0 atom stereocenters. The van der Waals surface area contributed by atoms with E-state index in [0.717, 1.165) is 44.9 Å². The summed E-state index contributed by atoms with van der Waals surface area (Å²) in [7, 11) is 0. The van der Waals surface area contributed by atoms with E-state index in [1.165, 1.54) is 77.2 Å². The van der Waals surface area contributed by atoms with Crippen molar-refractivity contribution in [2.24, 2.45) is 0 Å². The number of hydrogen-bond acceptors (Lipinski definition) is 2. The van der Waals surface area contributed by atoms with Gasteiger partial charge >= 0.3 is 0 Å². The molecule has 0 aliphatic heterocycles. The van der Waals surface area contributed by atoms with E-state index >= 15 is 0 Å². The Hall–Kier alpha value is -9.18. The van der Waals surface area contributed by atoms with Gasteiger partial charge in [-0.15, -0.1) is 0 Å². The minimum Gasteiger partial charge on any atom is -0.456 e. The summed E-state index contributed by atoms with van der Waals surface area (Å²) in [6.07, 6.45) is 0. The van der Waals surface area contributed by atoms with Gasteiger partial charge in [-0.25, -0.2) is 0 Å². The molecular formula is C66H44N2O. The summed E-state index contributed by atoms with van der Waals surface area (Å²) in [6.45, 7) is 0. The van der Waals surface area contributed by atoms with Gasteiger partial charge in [0.25, 0.3) is 0 Å². The maximum absolute atomic E-state index is 6.25. The molecule has 0 spiro atoms. The predicted octanol–water partition coefficient (Wildman–Crippen LogP) is 18.5. The molecule has 0 aliphatic carbocycles. The molecule has 11 aromatic carbocycles. The molecule has 69 heavy (non-hydrogen) atoms. The van der Waals surface area contributed by atoms with E-state index in [0.29, 0.717) is 0 Å². The van der Waals surface area contributed by atoms with Gasteiger partial charge in [-0.05, 0) is 152 Å². The largest absolute Gasteiger partial charge is 0.456 e. The van der Waals surface area contributed by atoms with Gasteiger partial charge in [0.15, 0.2) is 0 Å². The van der Waals surface area contributed by atoms with E-state index in [2.05, 4.69) is 258 Å². The molecule has 0 fully saturated rings. The van der Waals surface area contributed by atoms with Crippen LogP contribution >= 0.6 is 0 Å². The fourth-order valence-electron chi connectivity index (χ4n) is 10.0. The smallest absolute Gasteiger partial charge is 0.135 e. The number of anilines is 3. The zero-order valence-electron chi connectivity index (χ0n) is 37.7. The standard InChI is InChI=1S/C66H44N2O/c1-2-13-57(14-3-1)68-63-16-8-7-15-61(63)62-43-55(34-41-64(62)68)51-24-20-47(21-25-51)49-30-37-59(38-31-49)67(60-39-32-52(33-40-60)66-44-56-12-6-9-17-65(56)69-66)58-35-28-48(29-36-58)46-18-22-50(23-19-46)54-27-26-45-10-4-5-11-53(45)42-54/h1-44H. The summed E-state index contributed by atoms with van der Waals surface area (Å²) in [4.78, 5) is 2.33. The topological polar surface area (TPSA) is 21.3 Å². The van der Waals surface area contributed by atoms with Gasteiger partial charge in [0, 0.05) is 44.5 Å². The molecule has 0 amide bonds. The summed E-state index contributed by atoms with van der Waals surface area (Å²) in [5, 5.41) is 6.11. The average Bonchev–Trinajstić information content (AvgIpc) is 4.01. The molecule has 13 rings (SSSR count). The first-order valence-corrected chi connectivity index (χ1v) is 23.6. The molecule has 2 aromatic heterocycles. The van der Waals surface area contributed by atoms with Crippen molar-refractivity contribution >= 4 is 60.6 Å². The van der Waals surface area contributed by atoms with Gasteiger partial charge in [-0.1, -0.05) is 170 Å². The number of benzene rings is 11. The molecule has 324 valence electrons. The molecule has 3 heteroatoms. The molecule has 3 nitrogen and oxygen atoms in total. The number of fused-ring (bicyclic) bond motifs is 5. The number of para-hydroxylation sites is 3. The van der Waals surface area contributed by atoms with E-state index in [9.17, 15) is 0 Å². The Morgan fingerprint density at radius 3 is 1.32 bits per heavy atom. The Bertz CT molecular complexity index is 3930. The molecular weight excluding hydrogens is 837 g/mol. The lowest BCUT2D eigenvalue weighted by Gasteiger charge is -2.26. The second-order valence-electron chi connectivity index (χ2n) is 17.8. The SMILES string of the molecule is c1ccc(-n2c3ccccc3c3cc(-c4ccc(-c5ccc(N(c6ccc(-c7ccc(-c8ccc9ccccc9c8)cc7)cc6)c6ccc(-c7cc8ccccc8o7)cc6)cc5)cc4)ccc32)cc1. The van der Waals surface area contributed by atoms with Crippen molar-refractivity contribution in [1.82, 2.24) is 4.57 Å². The van der Waals surface area contributed by atoms with Crippen molar-refractivity contribution in [2.75, 3.05) is 4.90 Å². The van der Waals surface area contributed by atoms with Crippen LogP contribution in [0.25, 0.3) is 105 Å². The maximum atomic E-state index is 6.25. The first-order chi connectivity index (χ1) is 34.2. The Morgan fingerprint density at radius 2 is 0.710 bits per heavy atom.